The summed E-state index contributed by atoms with van der Waals surface area (Å²) in [5, 5.41) is 5.13. The third-order valence-electron chi connectivity index (χ3n) is 10.9. The van der Waals surface area contributed by atoms with Crippen molar-refractivity contribution in [3.05, 3.63) is 149 Å². The normalized spacial score (nSPS) is 16.9. The van der Waals surface area contributed by atoms with Gasteiger partial charge in [0.2, 0.25) is 0 Å². The monoisotopic (exact) mass is 717 g/mol. The van der Waals surface area contributed by atoms with Crippen LogP contribution in [0.5, 0.6) is 0 Å². The molecule has 6 aromatic rings. The molecule has 0 amide bonds. The first-order chi connectivity index (χ1) is 21.7. The summed E-state index contributed by atoms with van der Waals surface area (Å²) in [7, 11) is 17.3. The molecule has 6 aromatic carbocycles. The van der Waals surface area contributed by atoms with E-state index in [2.05, 4.69) is 154 Å². The van der Waals surface area contributed by atoms with Crippen molar-refractivity contribution in [3.63, 3.8) is 0 Å². The van der Waals surface area contributed by atoms with Gasteiger partial charge in [-0.1, -0.05) is 0 Å². The van der Waals surface area contributed by atoms with E-state index in [1.165, 1.54) is 71.6 Å². The Morgan fingerprint density at radius 2 is 1.09 bits per heavy atom. The van der Waals surface area contributed by atoms with Gasteiger partial charge in [0.25, 0.3) is 0 Å². The quantitative estimate of drug-likeness (QED) is 0.123. The zero-order chi connectivity index (χ0) is 31.1. The zero-order valence-electron chi connectivity index (χ0n) is 26.2. The Labute approximate surface area is 275 Å². The van der Waals surface area contributed by atoms with Gasteiger partial charge in [0.05, 0.1) is 0 Å². The summed E-state index contributed by atoms with van der Waals surface area (Å²) in [6, 6.07) is 44.7. The molecule has 0 bridgehead atoms. The van der Waals surface area contributed by atoms with Crippen LogP contribution in [0.2, 0.25) is 13.1 Å². The zero-order valence-corrected chi connectivity index (χ0v) is 31.3. The third-order valence-corrected chi connectivity index (χ3v) is 62.5. The third kappa shape index (κ3) is 4.19. The van der Waals surface area contributed by atoms with Crippen LogP contribution in [0.15, 0.2) is 127 Å². The van der Waals surface area contributed by atoms with Crippen LogP contribution in [0.25, 0.3) is 49.9 Å². The molecule has 2 aliphatic rings. The molecule has 45 heavy (non-hydrogen) atoms. The summed E-state index contributed by atoms with van der Waals surface area (Å²) in [6.45, 7) is 9.53. The average molecular weight is 720 g/mol. The van der Waals surface area contributed by atoms with E-state index in [9.17, 15) is 0 Å². The molecule has 0 saturated heterocycles. The molecule has 0 N–H and O–H groups in total. The number of rotatable bonds is 5. The Kier molecular flexibility index (Phi) is 7.01. The fourth-order valence-corrected chi connectivity index (χ4v) is 39.4. The summed E-state index contributed by atoms with van der Waals surface area (Å²) < 4.78 is 0.129. The second kappa shape index (κ2) is 10.6. The first kappa shape index (κ1) is 29.6. The van der Waals surface area contributed by atoms with Crippen LogP contribution in [0.1, 0.15) is 43.4 Å². The van der Waals surface area contributed by atoms with Crippen molar-refractivity contribution in [3.8, 4) is 22.3 Å². The molecule has 0 radical (unpaired) electrons. The number of fused-ring (bicyclic) bond motifs is 7. The van der Waals surface area contributed by atoms with Gasteiger partial charge in [0.15, 0.2) is 0 Å². The summed E-state index contributed by atoms with van der Waals surface area (Å²) in [6.07, 6.45) is 2.49. The average Bonchev–Trinajstić information content (AvgIpc) is 3.63. The van der Waals surface area contributed by atoms with Crippen LogP contribution in [0, 0.1) is 5.92 Å². The fraction of sp³-hybridized carbons (Fsp3) is 0.171. The van der Waals surface area contributed by atoms with Gasteiger partial charge in [-0.05, 0) is 0 Å². The van der Waals surface area contributed by atoms with Crippen molar-refractivity contribution < 1.29 is 15.6 Å². The molecule has 0 aromatic heterocycles. The van der Waals surface area contributed by atoms with E-state index >= 15 is 0 Å². The van der Waals surface area contributed by atoms with Crippen molar-refractivity contribution in [2.24, 2.45) is 5.92 Å². The molecule has 0 heterocycles. The molecule has 0 fully saturated rings. The Hall–Kier alpha value is -2.74. The first-order valence-electron chi connectivity index (χ1n) is 16.2. The second-order valence-corrected chi connectivity index (χ2v) is 56.2. The van der Waals surface area contributed by atoms with Gasteiger partial charge in [-0.2, -0.15) is 0 Å². The van der Waals surface area contributed by atoms with Gasteiger partial charge in [-0.3, -0.25) is 0 Å². The van der Waals surface area contributed by atoms with Gasteiger partial charge in [0, 0.05) is 0 Å². The van der Waals surface area contributed by atoms with Gasteiger partial charge in [-0.15, -0.1) is 0 Å². The molecule has 0 aliphatic heterocycles. The van der Waals surface area contributed by atoms with Crippen molar-refractivity contribution in [1.82, 2.24) is 0 Å². The molecule has 2 aliphatic carbocycles. The summed E-state index contributed by atoms with van der Waals surface area (Å²) in [4.78, 5) is 0. The molecule has 8 rings (SSSR count). The fourth-order valence-electron chi connectivity index (χ4n) is 8.64. The molecule has 0 spiro atoms. The molecule has 223 valence electrons. The van der Waals surface area contributed by atoms with Gasteiger partial charge < -0.3 is 0 Å². The van der Waals surface area contributed by atoms with Crippen LogP contribution in [0.3, 0.4) is 0 Å². The van der Waals surface area contributed by atoms with Crippen LogP contribution < -0.4 is 0 Å². The summed E-state index contributed by atoms with van der Waals surface area (Å²) in [5.74, 6) is -1.31. The van der Waals surface area contributed by atoms with Crippen LogP contribution in [-0.4, -0.2) is 5.92 Å². The van der Waals surface area contributed by atoms with E-state index in [1.807, 2.05) is 0 Å². The summed E-state index contributed by atoms with van der Waals surface area (Å²) >= 11 is -4.85. The standard InChI is InChI=1S/C26H21.C13H9.C2H7Si.2ClH.Zr/c1-17(2)20-14-18-9-7-13-24(25(18)16-20)26-15-19-8-3-4-10-21(19)22-11-5-6-12-23(22)26;1-3-7-12-10(5-1)9-11-6-2-4-8-13(11)12;1-3-2;;;/h3-17H,1-2H3;1-9H;3H,1-2H3;2*1H;/q;;;;;+2/p-2. The maximum absolute atomic E-state index is 8.63. The number of benzene rings is 6. The second-order valence-electron chi connectivity index (χ2n) is 13.7. The molecule has 1 atom stereocenters. The van der Waals surface area contributed by atoms with Crippen LogP contribution in [-0.2, 0) is 15.6 Å². The van der Waals surface area contributed by atoms with Crippen molar-refractivity contribution in [1.29, 1.82) is 0 Å². The number of hydrogen-bond donors (Lipinski definition) is 0. The maximum atomic E-state index is 8.63. The molecule has 0 nitrogen and oxygen atoms in total. The predicted molar refractivity (Wildman–Crippen MR) is 197 cm³/mol. The van der Waals surface area contributed by atoms with Crippen molar-refractivity contribution >= 4 is 50.6 Å². The molecule has 1 unspecified atom stereocenters. The minimum atomic E-state index is -4.85. The van der Waals surface area contributed by atoms with Gasteiger partial charge in [-0.25, -0.2) is 0 Å². The van der Waals surface area contributed by atoms with E-state index < -0.39 is 21.5 Å². The Bertz CT molecular complexity index is 2150. The topological polar surface area (TPSA) is 0 Å². The van der Waals surface area contributed by atoms with Crippen LogP contribution >= 0.6 is 17.0 Å². The molecule has 0 saturated carbocycles. The Balaban J connectivity index is 1.42. The van der Waals surface area contributed by atoms with E-state index in [1.54, 1.807) is 0 Å². The van der Waals surface area contributed by atoms with Gasteiger partial charge >= 0.3 is 278 Å². The van der Waals surface area contributed by atoms with E-state index in [0.717, 1.165) is 0 Å². The molecular weight excluding hydrogens is 683 g/mol. The predicted octanol–water partition coefficient (Wildman–Crippen LogP) is 12.5. The molecule has 4 heteroatoms. The molecular formula is C41H37Cl2SiZr. The Morgan fingerprint density at radius 3 is 1.73 bits per heavy atom. The number of hydrogen-bond acceptors (Lipinski definition) is 0. The van der Waals surface area contributed by atoms with Crippen molar-refractivity contribution in [2.75, 3.05) is 0 Å². The number of halogens is 2. The first-order valence-corrected chi connectivity index (χ1v) is 32.5. The Morgan fingerprint density at radius 1 is 0.556 bits per heavy atom. The van der Waals surface area contributed by atoms with E-state index in [0.29, 0.717) is 5.92 Å². The van der Waals surface area contributed by atoms with E-state index in [-0.39, 0.29) is 7.25 Å². The van der Waals surface area contributed by atoms with Gasteiger partial charge in [0.1, 0.15) is 0 Å². The van der Waals surface area contributed by atoms with Crippen LogP contribution in [0.4, 0.5) is 0 Å². The van der Waals surface area contributed by atoms with E-state index in [4.69, 9.17) is 17.0 Å². The summed E-state index contributed by atoms with van der Waals surface area (Å²) in [5.41, 5.74) is 11.9. The number of allylic oxidation sites excluding steroid dienone is 1. The minimum absolute atomic E-state index is 0.0623. The van der Waals surface area contributed by atoms with Crippen molar-refractivity contribution in [2.45, 2.75) is 34.2 Å². The SMILES string of the molecule is CC(C)C1=Cc2c(-c3cc4ccccc4c4ccccc34)cccc2[CH]1[Zr]([Cl])([Cl])([CH]1c2ccccc2-c2ccccc21)[SiH](C)C.